The lowest BCUT2D eigenvalue weighted by molar-refractivity contribution is 0.534. The number of nitrogens with one attached hydrogen (secondary N) is 2. The summed E-state index contributed by atoms with van der Waals surface area (Å²) in [5.41, 5.74) is 1.15. The minimum atomic E-state index is 0. The summed E-state index contributed by atoms with van der Waals surface area (Å²) in [5, 5.41) is 6.71. The number of halogens is 1. The molecule has 0 unspecified atom stereocenters. The maximum Gasteiger partial charge on any atom is 0.191 e. The van der Waals surface area contributed by atoms with E-state index in [1.165, 1.54) is 19.3 Å². The van der Waals surface area contributed by atoms with Gasteiger partial charge in [-0.05, 0) is 30.0 Å². The number of unbranched alkanes of at least 4 members (excludes halogenated alkanes) is 1. The average molecular weight is 456 g/mol. The maximum absolute atomic E-state index is 4.36. The van der Waals surface area contributed by atoms with Crippen molar-refractivity contribution in [3.63, 3.8) is 0 Å². The Morgan fingerprint density at radius 3 is 2.76 bits per heavy atom. The van der Waals surface area contributed by atoms with Gasteiger partial charge in [0.1, 0.15) is 12.1 Å². The number of aliphatic imine (C=N–C) groups is 1. The molecule has 0 saturated carbocycles. The fourth-order valence-corrected chi connectivity index (χ4v) is 2.40. The fourth-order valence-electron chi connectivity index (χ4n) is 2.40. The van der Waals surface area contributed by atoms with Crippen molar-refractivity contribution >= 4 is 29.9 Å². The zero-order valence-electron chi connectivity index (χ0n) is 15.3. The lowest BCUT2D eigenvalue weighted by Gasteiger charge is -2.12. The van der Waals surface area contributed by atoms with Crippen molar-refractivity contribution in [2.45, 2.75) is 39.7 Å². The van der Waals surface area contributed by atoms with Crippen LogP contribution in [0.1, 0.15) is 38.7 Å². The highest BCUT2D eigenvalue weighted by molar-refractivity contribution is 14.0. The van der Waals surface area contributed by atoms with E-state index in [2.05, 4.69) is 39.4 Å². The van der Waals surface area contributed by atoms with Crippen LogP contribution < -0.4 is 10.6 Å². The zero-order valence-corrected chi connectivity index (χ0v) is 17.6. The van der Waals surface area contributed by atoms with Crippen LogP contribution in [0.5, 0.6) is 0 Å². The van der Waals surface area contributed by atoms with Gasteiger partial charge in [-0.15, -0.1) is 24.0 Å². The highest BCUT2D eigenvalue weighted by atomic mass is 127. The molecule has 2 N–H and O–H groups in total. The van der Waals surface area contributed by atoms with Crippen LogP contribution in [0.2, 0.25) is 0 Å². The van der Waals surface area contributed by atoms with Gasteiger partial charge in [-0.25, -0.2) is 9.97 Å². The molecule has 2 aromatic heterocycles. The van der Waals surface area contributed by atoms with Gasteiger partial charge in [-0.2, -0.15) is 0 Å². The monoisotopic (exact) mass is 456 g/mol. The average Bonchev–Trinajstić information content (AvgIpc) is 3.12. The minimum absolute atomic E-state index is 0. The lowest BCUT2D eigenvalue weighted by Crippen LogP contribution is -2.37. The van der Waals surface area contributed by atoms with Crippen LogP contribution in [0.4, 0.5) is 0 Å². The topological polar surface area (TPSA) is 67.1 Å². The third-order valence-electron chi connectivity index (χ3n) is 3.76. The molecule has 7 heteroatoms. The Labute approximate surface area is 167 Å². The van der Waals surface area contributed by atoms with Crippen molar-refractivity contribution in [2.24, 2.45) is 10.9 Å². The Balaban J connectivity index is 0.00000312. The van der Waals surface area contributed by atoms with E-state index in [9.17, 15) is 0 Å². The summed E-state index contributed by atoms with van der Waals surface area (Å²) in [6.07, 6.45) is 10.9. The predicted octanol–water partition coefficient (Wildman–Crippen LogP) is 3.38. The second-order valence-corrected chi connectivity index (χ2v) is 6.23. The normalized spacial score (nSPS) is 11.3. The Morgan fingerprint density at radius 1 is 1.24 bits per heavy atom. The van der Waals surface area contributed by atoms with Crippen LogP contribution in [0.3, 0.4) is 0 Å². The van der Waals surface area contributed by atoms with Gasteiger partial charge in [0, 0.05) is 38.7 Å². The van der Waals surface area contributed by atoms with Gasteiger partial charge in [0.2, 0.25) is 0 Å². The largest absolute Gasteiger partial charge is 0.356 e. The fraction of sp³-hybridized carbons (Fsp3) is 0.500. The minimum Gasteiger partial charge on any atom is -0.356 e. The third kappa shape index (κ3) is 7.85. The van der Waals surface area contributed by atoms with Crippen LogP contribution in [0.15, 0.2) is 42.0 Å². The molecule has 0 aliphatic heterocycles. The summed E-state index contributed by atoms with van der Waals surface area (Å²) < 4.78 is 1.89. The molecule has 2 aromatic rings. The molecule has 6 nitrogen and oxygen atoms in total. The summed E-state index contributed by atoms with van der Waals surface area (Å²) in [7, 11) is 1.80. The van der Waals surface area contributed by atoms with Gasteiger partial charge >= 0.3 is 0 Å². The summed E-state index contributed by atoms with van der Waals surface area (Å²) in [5.74, 6) is 2.47. The van der Waals surface area contributed by atoms with E-state index in [0.717, 1.165) is 29.8 Å². The van der Waals surface area contributed by atoms with Crippen molar-refractivity contribution in [1.82, 2.24) is 25.2 Å². The molecule has 138 valence electrons. The molecule has 0 bridgehead atoms. The lowest BCUT2D eigenvalue weighted by atomic mass is 10.1. The van der Waals surface area contributed by atoms with E-state index in [-0.39, 0.29) is 24.0 Å². The third-order valence-corrected chi connectivity index (χ3v) is 3.76. The molecule has 0 atom stereocenters. The Bertz CT molecular complexity index is 624. The maximum atomic E-state index is 4.36. The number of hydrogen-bond donors (Lipinski definition) is 2. The molecule has 0 aromatic carbocycles. The van der Waals surface area contributed by atoms with Crippen molar-refractivity contribution in [3.8, 4) is 5.82 Å². The van der Waals surface area contributed by atoms with Gasteiger partial charge in [-0.1, -0.05) is 26.7 Å². The van der Waals surface area contributed by atoms with Crippen molar-refractivity contribution in [3.05, 3.63) is 42.6 Å². The predicted molar refractivity (Wildman–Crippen MR) is 114 cm³/mol. The summed E-state index contributed by atoms with van der Waals surface area (Å²) in [6, 6.07) is 4.05. The first kappa shape index (κ1) is 21.4. The first-order valence-electron chi connectivity index (χ1n) is 8.57. The molecule has 2 heterocycles. The van der Waals surface area contributed by atoms with Crippen LogP contribution in [0, 0.1) is 5.92 Å². The second-order valence-electron chi connectivity index (χ2n) is 6.23. The SMILES string of the molecule is CN=C(NCCCCC(C)C)NCc1ccnc(-n2ccnc2)c1.I. The van der Waals surface area contributed by atoms with Gasteiger partial charge in [0.05, 0.1) is 0 Å². The highest BCUT2D eigenvalue weighted by Gasteiger charge is 2.02. The van der Waals surface area contributed by atoms with Gasteiger partial charge in [-0.3, -0.25) is 9.56 Å². The van der Waals surface area contributed by atoms with Gasteiger partial charge < -0.3 is 10.6 Å². The Kier molecular flexibility index (Phi) is 10.1. The molecule has 0 spiro atoms. The van der Waals surface area contributed by atoms with Crippen LogP contribution >= 0.6 is 24.0 Å². The molecule has 0 aliphatic rings. The first-order chi connectivity index (χ1) is 11.7. The molecule has 25 heavy (non-hydrogen) atoms. The van der Waals surface area contributed by atoms with E-state index < -0.39 is 0 Å². The number of guanidine groups is 1. The quantitative estimate of drug-likeness (QED) is 0.277. The molecule has 0 aliphatic carbocycles. The van der Waals surface area contributed by atoms with Crippen molar-refractivity contribution < 1.29 is 0 Å². The summed E-state index contributed by atoms with van der Waals surface area (Å²) in [4.78, 5) is 12.7. The second kappa shape index (κ2) is 11.8. The first-order valence-corrected chi connectivity index (χ1v) is 8.57. The molecule has 0 fully saturated rings. The Morgan fingerprint density at radius 2 is 2.08 bits per heavy atom. The smallest absolute Gasteiger partial charge is 0.191 e. The summed E-state index contributed by atoms with van der Waals surface area (Å²) in [6.45, 7) is 6.18. The van der Waals surface area contributed by atoms with Crippen molar-refractivity contribution in [2.75, 3.05) is 13.6 Å². The summed E-state index contributed by atoms with van der Waals surface area (Å²) >= 11 is 0. The number of aromatic nitrogens is 3. The number of nitrogens with zero attached hydrogens (tertiary/aromatic N) is 4. The standard InChI is InChI=1S/C18H28N6.HI/c1-15(2)6-4-5-8-22-18(19-3)23-13-16-7-9-21-17(12-16)24-11-10-20-14-24;/h7,9-12,14-15H,4-6,8,13H2,1-3H3,(H2,19,22,23);1H. The van der Waals surface area contributed by atoms with Gasteiger partial charge in [0.15, 0.2) is 5.96 Å². The van der Waals surface area contributed by atoms with E-state index in [0.29, 0.717) is 6.54 Å². The highest BCUT2D eigenvalue weighted by Crippen LogP contribution is 2.07. The molecule has 0 amide bonds. The molecular weight excluding hydrogens is 427 g/mol. The molecule has 0 saturated heterocycles. The molecular formula is C18H29IN6. The molecule has 0 radical (unpaired) electrons. The van der Waals surface area contributed by atoms with E-state index in [1.807, 2.05) is 29.1 Å². The number of imidazole rings is 1. The zero-order chi connectivity index (χ0) is 17.2. The van der Waals surface area contributed by atoms with Gasteiger partial charge in [0.25, 0.3) is 0 Å². The van der Waals surface area contributed by atoms with Crippen molar-refractivity contribution in [1.29, 1.82) is 0 Å². The number of pyridine rings is 1. The molecule has 2 rings (SSSR count). The Hall–Kier alpha value is -1.64. The number of hydrogen-bond acceptors (Lipinski definition) is 3. The van der Waals surface area contributed by atoms with E-state index in [4.69, 9.17) is 0 Å². The number of rotatable bonds is 8. The van der Waals surface area contributed by atoms with E-state index >= 15 is 0 Å². The van der Waals surface area contributed by atoms with Crippen LogP contribution in [-0.4, -0.2) is 34.1 Å². The van der Waals surface area contributed by atoms with Crippen LogP contribution in [-0.2, 0) is 6.54 Å². The van der Waals surface area contributed by atoms with E-state index in [1.54, 1.807) is 19.6 Å². The van der Waals surface area contributed by atoms with Crippen LogP contribution in [0.25, 0.3) is 5.82 Å².